The van der Waals surface area contributed by atoms with Crippen molar-refractivity contribution in [1.82, 2.24) is 14.9 Å². The molecule has 1 amide bonds. The van der Waals surface area contributed by atoms with E-state index in [0.717, 1.165) is 32.0 Å². The highest BCUT2D eigenvalue weighted by Crippen LogP contribution is 2.33. The number of piperazine rings is 1. The molecule has 1 aliphatic carbocycles. The van der Waals surface area contributed by atoms with Crippen LogP contribution in [0.5, 0.6) is 0 Å². The minimum absolute atomic E-state index is 0.166. The van der Waals surface area contributed by atoms with E-state index in [4.69, 9.17) is 0 Å². The third kappa shape index (κ3) is 2.76. The molecule has 2 heterocycles. The Morgan fingerprint density at radius 2 is 1.85 bits per heavy atom. The first kappa shape index (κ1) is 13.3. The number of carbonyl (C=O) groups excluding carboxylic acids is 1. The zero-order valence-electron chi connectivity index (χ0n) is 12.1. The second-order valence-electron chi connectivity index (χ2n) is 5.78. The van der Waals surface area contributed by atoms with Crippen molar-refractivity contribution in [2.75, 3.05) is 31.1 Å². The lowest BCUT2D eigenvalue weighted by molar-refractivity contribution is -0.129. The van der Waals surface area contributed by atoms with Crippen LogP contribution in [0.15, 0.2) is 12.4 Å². The quantitative estimate of drug-likeness (QED) is 0.825. The lowest BCUT2D eigenvalue weighted by Gasteiger charge is -2.35. The van der Waals surface area contributed by atoms with E-state index in [1.54, 1.807) is 13.3 Å². The van der Waals surface area contributed by atoms with Gasteiger partial charge in [-0.05, 0) is 12.8 Å². The Balaban J connectivity index is 1.68. The van der Waals surface area contributed by atoms with Crippen molar-refractivity contribution < 1.29 is 4.79 Å². The third-order valence-corrected chi connectivity index (χ3v) is 4.50. The van der Waals surface area contributed by atoms with Crippen molar-refractivity contribution in [2.24, 2.45) is 0 Å². The van der Waals surface area contributed by atoms with Gasteiger partial charge in [-0.25, -0.2) is 9.97 Å². The molecule has 5 heteroatoms. The van der Waals surface area contributed by atoms with Crippen LogP contribution in [0.4, 0.5) is 5.82 Å². The van der Waals surface area contributed by atoms with Crippen LogP contribution >= 0.6 is 0 Å². The number of aromatic nitrogens is 2. The molecule has 2 aliphatic rings. The summed E-state index contributed by atoms with van der Waals surface area (Å²) in [5, 5.41) is 0. The standard InChI is InChI=1S/C15H22N4O/c1-12(20)18-6-8-19(9-7-18)15-10-14(16-11-17-15)13-4-2-3-5-13/h10-11,13H,2-9H2,1H3. The molecule has 2 fully saturated rings. The van der Waals surface area contributed by atoms with Crippen LogP contribution in [-0.4, -0.2) is 47.0 Å². The molecule has 3 rings (SSSR count). The molecule has 0 aromatic carbocycles. The zero-order chi connectivity index (χ0) is 13.9. The predicted molar refractivity (Wildman–Crippen MR) is 77.7 cm³/mol. The van der Waals surface area contributed by atoms with Gasteiger partial charge in [0.1, 0.15) is 12.1 Å². The van der Waals surface area contributed by atoms with Gasteiger partial charge in [-0.2, -0.15) is 0 Å². The van der Waals surface area contributed by atoms with Gasteiger partial charge in [0, 0.05) is 50.8 Å². The summed E-state index contributed by atoms with van der Waals surface area (Å²) in [6, 6.07) is 2.15. The van der Waals surface area contributed by atoms with Crippen LogP contribution in [-0.2, 0) is 4.79 Å². The molecule has 0 radical (unpaired) electrons. The summed E-state index contributed by atoms with van der Waals surface area (Å²) in [6.07, 6.45) is 6.85. The summed E-state index contributed by atoms with van der Waals surface area (Å²) >= 11 is 0. The molecule has 1 saturated carbocycles. The van der Waals surface area contributed by atoms with E-state index in [-0.39, 0.29) is 5.91 Å². The van der Waals surface area contributed by atoms with Gasteiger partial charge in [-0.3, -0.25) is 4.79 Å². The molecule has 0 spiro atoms. The Labute approximate surface area is 120 Å². The summed E-state index contributed by atoms with van der Waals surface area (Å²) in [4.78, 5) is 24.4. The summed E-state index contributed by atoms with van der Waals surface area (Å²) in [5.74, 6) is 1.80. The van der Waals surface area contributed by atoms with Crippen LogP contribution in [0.3, 0.4) is 0 Å². The third-order valence-electron chi connectivity index (χ3n) is 4.50. The van der Waals surface area contributed by atoms with E-state index in [0.29, 0.717) is 5.92 Å². The molecule has 1 aromatic rings. The summed E-state index contributed by atoms with van der Waals surface area (Å²) in [7, 11) is 0. The first-order chi connectivity index (χ1) is 9.74. The highest BCUT2D eigenvalue weighted by Gasteiger charge is 2.22. The fraction of sp³-hybridized carbons (Fsp3) is 0.667. The van der Waals surface area contributed by atoms with Crippen molar-refractivity contribution in [3.8, 4) is 0 Å². The SMILES string of the molecule is CC(=O)N1CCN(c2cc(C3CCCC3)ncn2)CC1. The number of amides is 1. The Morgan fingerprint density at radius 1 is 1.15 bits per heavy atom. The summed E-state index contributed by atoms with van der Waals surface area (Å²) in [5.41, 5.74) is 1.20. The predicted octanol–water partition coefficient (Wildman–Crippen LogP) is 1.80. The average Bonchev–Trinajstić information content (AvgIpc) is 3.02. The van der Waals surface area contributed by atoms with Crippen molar-refractivity contribution in [3.63, 3.8) is 0 Å². The monoisotopic (exact) mass is 274 g/mol. The van der Waals surface area contributed by atoms with Crippen molar-refractivity contribution in [2.45, 2.75) is 38.5 Å². The second-order valence-corrected chi connectivity index (χ2v) is 5.78. The number of nitrogens with zero attached hydrogens (tertiary/aromatic N) is 4. The molecule has 20 heavy (non-hydrogen) atoms. The largest absolute Gasteiger partial charge is 0.353 e. The Kier molecular flexibility index (Phi) is 3.85. The fourth-order valence-corrected chi connectivity index (χ4v) is 3.23. The average molecular weight is 274 g/mol. The van der Waals surface area contributed by atoms with E-state index < -0.39 is 0 Å². The molecule has 0 atom stereocenters. The molecule has 1 aromatic heterocycles. The van der Waals surface area contributed by atoms with Gasteiger partial charge in [0.2, 0.25) is 5.91 Å². The van der Waals surface area contributed by atoms with Crippen LogP contribution in [0.25, 0.3) is 0 Å². The minimum Gasteiger partial charge on any atom is -0.353 e. The fourth-order valence-electron chi connectivity index (χ4n) is 3.23. The van der Waals surface area contributed by atoms with Crippen molar-refractivity contribution in [1.29, 1.82) is 0 Å². The lowest BCUT2D eigenvalue weighted by Crippen LogP contribution is -2.48. The Morgan fingerprint density at radius 3 is 2.50 bits per heavy atom. The van der Waals surface area contributed by atoms with Gasteiger partial charge >= 0.3 is 0 Å². The van der Waals surface area contributed by atoms with Crippen LogP contribution in [0.1, 0.15) is 44.2 Å². The zero-order valence-corrected chi connectivity index (χ0v) is 12.1. The van der Waals surface area contributed by atoms with E-state index in [1.807, 2.05) is 4.90 Å². The highest BCUT2D eigenvalue weighted by molar-refractivity contribution is 5.73. The Bertz CT molecular complexity index is 477. The van der Waals surface area contributed by atoms with E-state index in [2.05, 4.69) is 20.9 Å². The van der Waals surface area contributed by atoms with Crippen LogP contribution < -0.4 is 4.90 Å². The minimum atomic E-state index is 0.166. The van der Waals surface area contributed by atoms with Gasteiger partial charge in [-0.15, -0.1) is 0 Å². The second kappa shape index (κ2) is 5.77. The number of rotatable bonds is 2. The first-order valence-corrected chi connectivity index (χ1v) is 7.56. The maximum absolute atomic E-state index is 11.4. The molecule has 0 unspecified atom stereocenters. The first-order valence-electron chi connectivity index (χ1n) is 7.56. The molecule has 0 bridgehead atoms. The molecule has 5 nitrogen and oxygen atoms in total. The molecule has 1 saturated heterocycles. The summed E-state index contributed by atoms with van der Waals surface area (Å²) < 4.78 is 0. The molecule has 1 aliphatic heterocycles. The van der Waals surface area contributed by atoms with Gasteiger partial charge in [0.05, 0.1) is 0 Å². The topological polar surface area (TPSA) is 49.3 Å². The van der Waals surface area contributed by atoms with Gasteiger partial charge in [-0.1, -0.05) is 12.8 Å². The number of hydrogen-bond donors (Lipinski definition) is 0. The molecule has 108 valence electrons. The van der Waals surface area contributed by atoms with Gasteiger partial charge in [0.15, 0.2) is 0 Å². The summed E-state index contributed by atoms with van der Waals surface area (Å²) in [6.45, 7) is 4.94. The number of anilines is 1. The molecular formula is C15H22N4O. The Hall–Kier alpha value is -1.65. The smallest absolute Gasteiger partial charge is 0.219 e. The van der Waals surface area contributed by atoms with Crippen molar-refractivity contribution in [3.05, 3.63) is 18.1 Å². The maximum atomic E-state index is 11.4. The van der Waals surface area contributed by atoms with Crippen LogP contribution in [0.2, 0.25) is 0 Å². The maximum Gasteiger partial charge on any atom is 0.219 e. The van der Waals surface area contributed by atoms with Crippen LogP contribution in [0, 0.1) is 0 Å². The van der Waals surface area contributed by atoms with Crippen molar-refractivity contribution >= 4 is 11.7 Å². The normalized spacial score (nSPS) is 20.4. The van der Waals surface area contributed by atoms with E-state index in [9.17, 15) is 4.79 Å². The number of hydrogen-bond acceptors (Lipinski definition) is 4. The lowest BCUT2D eigenvalue weighted by atomic mass is 10.0. The molecule has 0 N–H and O–H groups in total. The van der Waals surface area contributed by atoms with E-state index >= 15 is 0 Å². The number of carbonyl (C=O) groups is 1. The highest BCUT2D eigenvalue weighted by atomic mass is 16.2. The molecular weight excluding hydrogens is 252 g/mol. The van der Waals surface area contributed by atoms with Gasteiger partial charge in [0.25, 0.3) is 0 Å². The van der Waals surface area contributed by atoms with Gasteiger partial charge < -0.3 is 9.80 Å². The van der Waals surface area contributed by atoms with E-state index in [1.165, 1.54) is 31.4 Å².